The van der Waals surface area contributed by atoms with Crippen LogP contribution in [0.5, 0.6) is 0 Å². The Hall–Kier alpha value is -1.05. The van der Waals surface area contributed by atoms with Gasteiger partial charge < -0.3 is 25.0 Å². The number of amides is 2. The van der Waals surface area contributed by atoms with Gasteiger partial charge in [-0.1, -0.05) is 61.0 Å². The molecule has 1 saturated carbocycles. The maximum absolute atomic E-state index is 13.3. The van der Waals surface area contributed by atoms with Gasteiger partial charge in [-0.2, -0.15) is 0 Å². The Bertz CT molecular complexity index is 776. The van der Waals surface area contributed by atoms with E-state index in [0.717, 1.165) is 50.3 Å². The minimum absolute atomic E-state index is 0.0280. The lowest BCUT2D eigenvalue weighted by Crippen LogP contribution is -2.51. The molecule has 0 spiro atoms. The van der Waals surface area contributed by atoms with E-state index in [0.29, 0.717) is 36.4 Å². The molecule has 2 fully saturated rings. The topological polar surface area (TPSA) is 62.8 Å². The highest BCUT2D eigenvalue weighted by molar-refractivity contribution is 6.42. The molecule has 1 aliphatic carbocycles. The minimum Gasteiger partial charge on any atom is -0.382 e. The normalized spacial score (nSPS) is 20.7. The van der Waals surface area contributed by atoms with Crippen LogP contribution in [-0.4, -0.2) is 63.5 Å². The number of carbonyl (C=O) groups excluding carboxylic acids is 1. The molecule has 3 atom stereocenters. The molecule has 0 aromatic heterocycles. The predicted octanol–water partition coefficient (Wildman–Crippen LogP) is 6.07. The minimum atomic E-state index is -0.218. The molecule has 1 aromatic rings. The van der Waals surface area contributed by atoms with Gasteiger partial charge in [-0.15, -0.1) is 0 Å². The molecule has 1 unspecified atom stereocenters. The van der Waals surface area contributed by atoms with E-state index in [1.807, 2.05) is 31.0 Å². The van der Waals surface area contributed by atoms with Crippen molar-refractivity contribution in [3.8, 4) is 0 Å². The Balaban J connectivity index is 1.65. The zero-order chi connectivity index (χ0) is 25.0. The van der Waals surface area contributed by atoms with Crippen LogP contribution in [-0.2, 0) is 9.47 Å². The fourth-order valence-electron chi connectivity index (χ4n) is 5.53. The Labute approximate surface area is 221 Å². The molecule has 2 amide bonds. The summed E-state index contributed by atoms with van der Waals surface area (Å²) in [5.41, 5.74) is 0.900. The number of nitrogens with zero attached hydrogens (tertiary/aromatic N) is 1. The standard InChI is InChI=1S/C27H43Cl2N3O3/c1-3-34-15-8-16-35-26(23-12-6-13-24(28)25(23)29)21-11-7-14-32(19-21)27(33)31-22(18-30-2)17-20-9-4-5-10-20/h6,12-13,20-22,26,30H,3-5,7-11,14-19H2,1-2H3,(H,31,33)/t21-,22+,26?/m1/s1. The van der Waals surface area contributed by atoms with Crippen LogP contribution in [0.15, 0.2) is 18.2 Å². The number of piperidine rings is 1. The van der Waals surface area contributed by atoms with Crippen molar-refractivity contribution < 1.29 is 14.3 Å². The summed E-state index contributed by atoms with van der Waals surface area (Å²) < 4.78 is 11.9. The van der Waals surface area contributed by atoms with Crippen molar-refractivity contribution in [1.29, 1.82) is 0 Å². The average Bonchev–Trinajstić information content (AvgIpc) is 3.37. The van der Waals surface area contributed by atoms with E-state index in [-0.39, 0.29) is 24.1 Å². The lowest BCUT2D eigenvalue weighted by Gasteiger charge is -2.38. The molecule has 35 heavy (non-hydrogen) atoms. The molecule has 6 nitrogen and oxygen atoms in total. The lowest BCUT2D eigenvalue weighted by atomic mass is 9.88. The molecule has 1 saturated heterocycles. The number of hydrogen-bond donors (Lipinski definition) is 2. The molecule has 2 aliphatic rings. The summed E-state index contributed by atoms with van der Waals surface area (Å²) >= 11 is 13.0. The Morgan fingerprint density at radius 2 is 1.97 bits per heavy atom. The van der Waals surface area contributed by atoms with Gasteiger partial charge in [-0.3, -0.25) is 0 Å². The van der Waals surface area contributed by atoms with E-state index in [2.05, 4.69) is 10.6 Å². The highest BCUT2D eigenvalue weighted by Crippen LogP contribution is 2.39. The first-order valence-electron chi connectivity index (χ1n) is 13.4. The average molecular weight is 529 g/mol. The van der Waals surface area contributed by atoms with Crippen molar-refractivity contribution in [2.45, 2.75) is 70.4 Å². The third-order valence-electron chi connectivity index (χ3n) is 7.27. The van der Waals surface area contributed by atoms with Crippen LogP contribution in [0.2, 0.25) is 10.0 Å². The molecule has 198 valence electrons. The number of ether oxygens (including phenoxy) is 2. The van der Waals surface area contributed by atoms with Crippen LogP contribution in [0.1, 0.15) is 70.0 Å². The van der Waals surface area contributed by atoms with Crippen molar-refractivity contribution in [2.75, 3.05) is 46.5 Å². The summed E-state index contributed by atoms with van der Waals surface area (Å²) in [5.74, 6) is 0.873. The summed E-state index contributed by atoms with van der Waals surface area (Å²) in [6.45, 7) is 6.13. The van der Waals surface area contributed by atoms with E-state index in [4.69, 9.17) is 32.7 Å². The van der Waals surface area contributed by atoms with E-state index in [1.54, 1.807) is 6.07 Å². The largest absolute Gasteiger partial charge is 0.382 e. The number of urea groups is 1. The summed E-state index contributed by atoms with van der Waals surface area (Å²) in [7, 11) is 1.95. The van der Waals surface area contributed by atoms with Crippen molar-refractivity contribution >= 4 is 29.2 Å². The zero-order valence-corrected chi connectivity index (χ0v) is 22.9. The summed E-state index contributed by atoms with van der Waals surface area (Å²) in [4.78, 5) is 15.3. The van der Waals surface area contributed by atoms with Crippen molar-refractivity contribution in [2.24, 2.45) is 11.8 Å². The highest BCUT2D eigenvalue weighted by atomic mass is 35.5. The van der Waals surface area contributed by atoms with Gasteiger partial charge in [-0.25, -0.2) is 4.79 Å². The van der Waals surface area contributed by atoms with Gasteiger partial charge in [-0.05, 0) is 51.6 Å². The fourth-order valence-corrected chi connectivity index (χ4v) is 5.95. The molecular formula is C27H43Cl2N3O3. The molecule has 3 rings (SSSR count). The van der Waals surface area contributed by atoms with E-state index >= 15 is 0 Å². The van der Waals surface area contributed by atoms with Gasteiger partial charge in [0.15, 0.2) is 0 Å². The van der Waals surface area contributed by atoms with Gasteiger partial charge >= 0.3 is 6.03 Å². The molecule has 1 heterocycles. The molecule has 1 aromatic carbocycles. The SMILES string of the molecule is CCOCCCOC(c1cccc(Cl)c1Cl)[C@@H]1CCCN(C(=O)N[C@H](CNC)CC2CCCC2)C1. The monoisotopic (exact) mass is 527 g/mol. The van der Waals surface area contributed by atoms with Gasteiger partial charge in [0.05, 0.1) is 16.1 Å². The quantitative estimate of drug-likeness (QED) is 0.305. The second-order valence-electron chi connectivity index (χ2n) is 9.92. The lowest BCUT2D eigenvalue weighted by molar-refractivity contribution is -0.0184. The van der Waals surface area contributed by atoms with Gasteiger partial charge in [0.1, 0.15) is 0 Å². The van der Waals surface area contributed by atoms with Crippen LogP contribution in [0.25, 0.3) is 0 Å². The smallest absolute Gasteiger partial charge is 0.317 e. The van der Waals surface area contributed by atoms with E-state index < -0.39 is 0 Å². The summed E-state index contributed by atoms with van der Waals surface area (Å²) in [6, 6.07) is 5.89. The van der Waals surface area contributed by atoms with E-state index in [1.165, 1.54) is 25.7 Å². The van der Waals surface area contributed by atoms with Crippen molar-refractivity contribution in [1.82, 2.24) is 15.5 Å². The number of rotatable bonds is 13. The number of carbonyl (C=O) groups is 1. The number of likely N-dealkylation sites (N-methyl/N-ethyl adjacent to an activating group) is 1. The Morgan fingerprint density at radius 3 is 2.71 bits per heavy atom. The molecule has 1 aliphatic heterocycles. The van der Waals surface area contributed by atoms with Gasteiger partial charge in [0.2, 0.25) is 0 Å². The maximum Gasteiger partial charge on any atom is 0.317 e. The first-order chi connectivity index (χ1) is 17.0. The molecule has 8 heteroatoms. The third kappa shape index (κ3) is 8.78. The zero-order valence-electron chi connectivity index (χ0n) is 21.4. The maximum atomic E-state index is 13.3. The molecule has 0 radical (unpaired) electrons. The number of likely N-dealkylation sites (tertiary alicyclic amines) is 1. The van der Waals surface area contributed by atoms with Crippen LogP contribution < -0.4 is 10.6 Å². The second-order valence-corrected chi connectivity index (χ2v) is 10.7. The highest BCUT2D eigenvalue weighted by Gasteiger charge is 2.33. The van der Waals surface area contributed by atoms with E-state index in [9.17, 15) is 4.79 Å². The Kier molecular flexibility index (Phi) is 12.4. The van der Waals surface area contributed by atoms with Gasteiger partial charge in [0.25, 0.3) is 0 Å². The summed E-state index contributed by atoms with van der Waals surface area (Å²) in [6.07, 6.45) is 8.76. The number of halogens is 2. The van der Waals surface area contributed by atoms with Crippen LogP contribution in [0.4, 0.5) is 4.79 Å². The number of hydrogen-bond acceptors (Lipinski definition) is 4. The van der Waals surface area contributed by atoms with Crippen LogP contribution in [0, 0.1) is 11.8 Å². The van der Waals surface area contributed by atoms with Crippen LogP contribution in [0.3, 0.4) is 0 Å². The van der Waals surface area contributed by atoms with Crippen LogP contribution >= 0.6 is 23.2 Å². The van der Waals surface area contributed by atoms with Crippen molar-refractivity contribution in [3.63, 3.8) is 0 Å². The second kappa shape index (κ2) is 15.3. The fraction of sp³-hybridized carbons (Fsp3) is 0.741. The third-order valence-corrected chi connectivity index (χ3v) is 8.10. The first-order valence-corrected chi connectivity index (χ1v) is 14.1. The predicted molar refractivity (Wildman–Crippen MR) is 143 cm³/mol. The molecule has 2 N–H and O–H groups in total. The van der Waals surface area contributed by atoms with Crippen molar-refractivity contribution in [3.05, 3.63) is 33.8 Å². The molecular weight excluding hydrogens is 485 g/mol. The Morgan fingerprint density at radius 1 is 1.17 bits per heavy atom. The molecule has 0 bridgehead atoms. The summed E-state index contributed by atoms with van der Waals surface area (Å²) in [5, 5.41) is 7.64. The first kappa shape index (κ1) is 28.5. The number of nitrogens with one attached hydrogen (secondary N) is 2. The van der Waals surface area contributed by atoms with Gasteiger partial charge in [0, 0.05) is 57.0 Å². The number of benzene rings is 1.